The first kappa shape index (κ1) is 15.6. The molecule has 1 saturated carbocycles. The molecule has 2 N–H and O–H groups in total. The van der Waals surface area contributed by atoms with Gasteiger partial charge in [0.25, 0.3) is 0 Å². The van der Waals surface area contributed by atoms with Crippen LogP contribution in [-0.4, -0.2) is 17.3 Å². The predicted molar refractivity (Wildman–Crippen MR) is 86.3 cm³/mol. The van der Waals surface area contributed by atoms with E-state index in [1.165, 1.54) is 6.42 Å². The maximum Gasteiger partial charge on any atom is 0.127 e. The molecule has 1 spiro atoms. The SMILES string of the molecule is CCONC(C)c1c(O)c(C)c(C)c2c1CCC1(CCC1)O2. The molecule has 1 heterocycles. The van der Waals surface area contributed by atoms with Crippen LogP contribution in [0.2, 0.25) is 0 Å². The predicted octanol–water partition coefficient (Wildman–Crippen LogP) is 3.86. The molecule has 22 heavy (non-hydrogen) atoms. The average molecular weight is 305 g/mol. The molecule has 1 unspecified atom stereocenters. The van der Waals surface area contributed by atoms with Crippen molar-refractivity contribution in [3.05, 3.63) is 22.3 Å². The van der Waals surface area contributed by atoms with Crippen LogP contribution in [0.4, 0.5) is 0 Å². The van der Waals surface area contributed by atoms with Crippen molar-refractivity contribution in [1.29, 1.82) is 0 Å². The number of rotatable bonds is 4. The van der Waals surface area contributed by atoms with E-state index in [0.29, 0.717) is 12.4 Å². The first-order valence-corrected chi connectivity index (χ1v) is 8.40. The first-order chi connectivity index (χ1) is 10.5. The van der Waals surface area contributed by atoms with E-state index in [2.05, 4.69) is 12.4 Å². The van der Waals surface area contributed by atoms with E-state index in [0.717, 1.165) is 53.7 Å². The van der Waals surface area contributed by atoms with Crippen LogP contribution in [0.25, 0.3) is 0 Å². The number of hydrogen-bond acceptors (Lipinski definition) is 4. The van der Waals surface area contributed by atoms with Crippen molar-refractivity contribution in [2.24, 2.45) is 0 Å². The molecular weight excluding hydrogens is 278 g/mol. The lowest BCUT2D eigenvalue weighted by molar-refractivity contribution is -0.0264. The highest BCUT2D eigenvalue weighted by atomic mass is 16.6. The van der Waals surface area contributed by atoms with Gasteiger partial charge in [-0.05, 0) is 70.9 Å². The van der Waals surface area contributed by atoms with Gasteiger partial charge in [-0.25, -0.2) is 0 Å². The lowest BCUT2D eigenvalue weighted by Crippen LogP contribution is -2.46. The van der Waals surface area contributed by atoms with Gasteiger partial charge in [-0.1, -0.05) is 0 Å². The Labute approximate surface area is 132 Å². The summed E-state index contributed by atoms with van der Waals surface area (Å²) in [5.74, 6) is 1.38. The molecule has 0 aromatic heterocycles. The number of phenolic OH excluding ortho intramolecular Hbond substituents is 1. The number of nitrogens with one attached hydrogen (secondary N) is 1. The van der Waals surface area contributed by atoms with Crippen LogP contribution in [0, 0.1) is 13.8 Å². The summed E-state index contributed by atoms with van der Waals surface area (Å²) in [6.07, 6.45) is 5.61. The highest BCUT2D eigenvalue weighted by Crippen LogP contribution is 2.50. The van der Waals surface area contributed by atoms with Crippen LogP contribution >= 0.6 is 0 Å². The second kappa shape index (κ2) is 5.74. The Morgan fingerprint density at radius 2 is 2.00 bits per heavy atom. The third-order valence-corrected chi connectivity index (χ3v) is 5.36. The van der Waals surface area contributed by atoms with Gasteiger partial charge in [-0.3, -0.25) is 0 Å². The molecule has 1 aromatic carbocycles. The van der Waals surface area contributed by atoms with E-state index in [4.69, 9.17) is 9.57 Å². The van der Waals surface area contributed by atoms with Crippen LogP contribution in [0.5, 0.6) is 11.5 Å². The van der Waals surface area contributed by atoms with Gasteiger partial charge >= 0.3 is 0 Å². The van der Waals surface area contributed by atoms with Crippen LogP contribution in [0.3, 0.4) is 0 Å². The number of hydrogen-bond donors (Lipinski definition) is 2. The first-order valence-electron chi connectivity index (χ1n) is 8.40. The van der Waals surface area contributed by atoms with Crippen LogP contribution in [0.15, 0.2) is 0 Å². The lowest BCUT2D eigenvalue weighted by atomic mass is 9.73. The number of aromatic hydroxyl groups is 1. The Balaban J connectivity index is 2.03. The molecule has 0 saturated heterocycles. The topological polar surface area (TPSA) is 50.7 Å². The number of phenols is 1. The maximum absolute atomic E-state index is 10.7. The summed E-state index contributed by atoms with van der Waals surface area (Å²) < 4.78 is 6.44. The van der Waals surface area contributed by atoms with E-state index in [1.54, 1.807) is 0 Å². The van der Waals surface area contributed by atoms with Gasteiger partial charge in [-0.15, -0.1) is 0 Å². The Kier molecular flexibility index (Phi) is 4.08. The summed E-state index contributed by atoms with van der Waals surface area (Å²) in [6, 6.07) is -0.0629. The average Bonchev–Trinajstić information content (AvgIpc) is 2.49. The molecule has 4 heteroatoms. The minimum atomic E-state index is -0.0629. The van der Waals surface area contributed by atoms with Crippen molar-refractivity contribution >= 4 is 0 Å². The minimum Gasteiger partial charge on any atom is -0.507 e. The smallest absolute Gasteiger partial charge is 0.127 e. The molecule has 1 aliphatic heterocycles. The maximum atomic E-state index is 10.7. The standard InChI is InChI=1S/C18H27NO3/c1-5-21-19-13(4)15-14-7-10-18(8-6-9-18)22-17(14)12(3)11(2)16(15)20/h13,19-20H,5-10H2,1-4H3. The molecule has 122 valence electrons. The van der Waals surface area contributed by atoms with Crippen molar-refractivity contribution in [3.63, 3.8) is 0 Å². The van der Waals surface area contributed by atoms with Gasteiger partial charge in [0.15, 0.2) is 0 Å². The van der Waals surface area contributed by atoms with Crippen LogP contribution in [-0.2, 0) is 11.3 Å². The Hall–Kier alpha value is -1.26. The van der Waals surface area contributed by atoms with Crippen molar-refractivity contribution in [1.82, 2.24) is 5.48 Å². The van der Waals surface area contributed by atoms with Gasteiger partial charge < -0.3 is 14.7 Å². The third kappa shape index (κ3) is 2.38. The molecule has 0 amide bonds. The summed E-state index contributed by atoms with van der Waals surface area (Å²) in [7, 11) is 0. The van der Waals surface area contributed by atoms with Gasteiger partial charge in [0.1, 0.15) is 17.1 Å². The van der Waals surface area contributed by atoms with E-state index >= 15 is 0 Å². The molecule has 1 atom stereocenters. The molecule has 2 aliphatic rings. The Morgan fingerprint density at radius 1 is 1.27 bits per heavy atom. The molecular formula is C18H27NO3. The second-order valence-electron chi connectivity index (χ2n) is 6.73. The second-order valence-corrected chi connectivity index (χ2v) is 6.73. The molecule has 1 aromatic rings. The highest BCUT2D eigenvalue weighted by Gasteiger charge is 2.43. The fourth-order valence-corrected chi connectivity index (χ4v) is 3.71. The fraction of sp³-hybridized carbons (Fsp3) is 0.667. The summed E-state index contributed by atoms with van der Waals surface area (Å²) in [4.78, 5) is 5.34. The Morgan fingerprint density at radius 3 is 2.59 bits per heavy atom. The van der Waals surface area contributed by atoms with Gasteiger partial charge in [0, 0.05) is 11.1 Å². The normalized spacial score (nSPS) is 20.2. The number of hydroxylamine groups is 1. The van der Waals surface area contributed by atoms with Gasteiger partial charge in [0.2, 0.25) is 0 Å². The number of benzene rings is 1. The quantitative estimate of drug-likeness (QED) is 0.829. The largest absolute Gasteiger partial charge is 0.507 e. The van der Waals surface area contributed by atoms with E-state index in [-0.39, 0.29) is 11.6 Å². The minimum absolute atomic E-state index is 0.0629. The van der Waals surface area contributed by atoms with Gasteiger partial charge in [0.05, 0.1) is 12.6 Å². The van der Waals surface area contributed by atoms with Crippen LogP contribution in [0.1, 0.15) is 67.8 Å². The van der Waals surface area contributed by atoms with Crippen LogP contribution < -0.4 is 10.2 Å². The van der Waals surface area contributed by atoms with E-state index in [9.17, 15) is 5.11 Å². The number of fused-ring (bicyclic) bond motifs is 1. The zero-order valence-electron chi connectivity index (χ0n) is 14.1. The summed E-state index contributed by atoms with van der Waals surface area (Å²) in [5.41, 5.74) is 7.15. The van der Waals surface area contributed by atoms with Crippen molar-refractivity contribution in [3.8, 4) is 11.5 Å². The summed E-state index contributed by atoms with van der Waals surface area (Å²) in [6.45, 7) is 8.58. The summed E-state index contributed by atoms with van der Waals surface area (Å²) in [5, 5.41) is 10.7. The molecule has 0 radical (unpaired) electrons. The fourth-order valence-electron chi connectivity index (χ4n) is 3.71. The van der Waals surface area contributed by atoms with Crippen molar-refractivity contribution < 1.29 is 14.7 Å². The molecule has 4 nitrogen and oxygen atoms in total. The number of ether oxygens (including phenoxy) is 1. The van der Waals surface area contributed by atoms with Crippen molar-refractivity contribution in [2.45, 2.75) is 71.4 Å². The third-order valence-electron chi connectivity index (χ3n) is 5.36. The van der Waals surface area contributed by atoms with E-state index < -0.39 is 0 Å². The molecule has 3 rings (SSSR count). The summed E-state index contributed by atoms with van der Waals surface area (Å²) >= 11 is 0. The van der Waals surface area contributed by atoms with E-state index in [1.807, 2.05) is 20.8 Å². The zero-order valence-corrected chi connectivity index (χ0v) is 14.1. The molecule has 1 aliphatic carbocycles. The lowest BCUT2D eigenvalue weighted by Gasteiger charge is -2.46. The molecule has 1 fully saturated rings. The zero-order chi connectivity index (χ0) is 15.9. The highest BCUT2D eigenvalue weighted by molar-refractivity contribution is 5.60. The Bertz CT molecular complexity index is 578. The monoisotopic (exact) mass is 305 g/mol. The molecule has 0 bridgehead atoms. The van der Waals surface area contributed by atoms with Gasteiger partial charge in [-0.2, -0.15) is 5.48 Å². The van der Waals surface area contributed by atoms with Crippen molar-refractivity contribution in [2.75, 3.05) is 6.61 Å².